The summed E-state index contributed by atoms with van der Waals surface area (Å²) in [5.41, 5.74) is 1.54. The largest absolute Gasteiger partial charge is 0.351 e. The van der Waals surface area contributed by atoms with Gasteiger partial charge in [-0.3, -0.25) is 4.79 Å². The first-order valence-corrected chi connectivity index (χ1v) is 7.96. The molecule has 0 saturated heterocycles. The summed E-state index contributed by atoms with van der Waals surface area (Å²) >= 11 is 5.11. The van der Waals surface area contributed by atoms with E-state index in [1.807, 2.05) is 6.07 Å². The summed E-state index contributed by atoms with van der Waals surface area (Å²) in [5, 5.41) is 8.79. The number of hydrogen-bond acceptors (Lipinski definition) is 2. The van der Waals surface area contributed by atoms with Gasteiger partial charge in [0, 0.05) is 23.0 Å². The third-order valence-corrected chi connectivity index (χ3v) is 4.04. The van der Waals surface area contributed by atoms with E-state index in [-0.39, 0.29) is 16.2 Å². The standard InChI is InChI=1S/C18H15F2N3OS/c1-10-15(17(24)22-12-5-3-2-4-6-12)16(23-18(25)21-10)13-8-7-11(19)9-14(13)20/h2-9,16H,1H3,(H,22,24)(H2,21,23,25). The molecular weight excluding hydrogens is 344 g/mol. The molecule has 25 heavy (non-hydrogen) atoms. The number of allylic oxidation sites excluding steroid dienone is 1. The Kier molecular flexibility index (Phi) is 4.76. The molecule has 0 saturated carbocycles. The van der Waals surface area contributed by atoms with Crippen LogP contribution in [0.4, 0.5) is 14.5 Å². The monoisotopic (exact) mass is 359 g/mol. The third-order valence-electron chi connectivity index (χ3n) is 3.82. The Balaban J connectivity index is 1.99. The maximum atomic E-state index is 14.3. The first-order valence-electron chi connectivity index (χ1n) is 7.55. The third kappa shape index (κ3) is 3.66. The van der Waals surface area contributed by atoms with Crippen LogP contribution in [0.1, 0.15) is 18.5 Å². The number of halogens is 2. The van der Waals surface area contributed by atoms with Crippen LogP contribution in [0.5, 0.6) is 0 Å². The molecule has 2 aromatic carbocycles. The second-order valence-corrected chi connectivity index (χ2v) is 5.96. The SMILES string of the molecule is CC1=C(C(=O)Nc2ccccc2)C(c2ccc(F)cc2F)NC(=S)N1. The van der Waals surface area contributed by atoms with Gasteiger partial charge in [-0.25, -0.2) is 8.78 Å². The molecule has 3 rings (SSSR count). The van der Waals surface area contributed by atoms with Crippen molar-refractivity contribution in [3.05, 3.63) is 77.0 Å². The molecule has 0 aliphatic carbocycles. The van der Waals surface area contributed by atoms with E-state index in [0.717, 1.165) is 12.1 Å². The molecule has 3 N–H and O–H groups in total. The van der Waals surface area contributed by atoms with E-state index < -0.39 is 23.6 Å². The highest BCUT2D eigenvalue weighted by atomic mass is 32.1. The maximum absolute atomic E-state index is 14.3. The van der Waals surface area contributed by atoms with Crippen LogP contribution >= 0.6 is 12.2 Å². The zero-order valence-corrected chi connectivity index (χ0v) is 14.1. The Labute approximate surface area is 148 Å². The lowest BCUT2D eigenvalue weighted by Crippen LogP contribution is -2.46. The lowest BCUT2D eigenvalue weighted by Gasteiger charge is -2.30. The van der Waals surface area contributed by atoms with E-state index in [1.54, 1.807) is 31.2 Å². The van der Waals surface area contributed by atoms with Gasteiger partial charge >= 0.3 is 0 Å². The number of carbonyl (C=O) groups is 1. The molecule has 0 aromatic heterocycles. The van der Waals surface area contributed by atoms with E-state index in [0.29, 0.717) is 11.4 Å². The van der Waals surface area contributed by atoms with Gasteiger partial charge in [0.1, 0.15) is 11.6 Å². The van der Waals surface area contributed by atoms with Crippen molar-refractivity contribution >= 4 is 28.9 Å². The van der Waals surface area contributed by atoms with Gasteiger partial charge in [-0.1, -0.05) is 24.3 Å². The average molecular weight is 359 g/mol. The molecule has 1 aliphatic rings. The Morgan fingerprint density at radius 2 is 1.88 bits per heavy atom. The van der Waals surface area contributed by atoms with Crippen LogP contribution in [0.2, 0.25) is 0 Å². The molecule has 4 nitrogen and oxygen atoms in total. The van der Waals surface area contributed by atoms with Crippen molar-refractivity contribution in [2.45, 2.75) is 13.0 Å². The summed E-state index contributed by atoms with van der Waals surface area (Å²) in [5.74, 6) is -1.84. The molecule has 1 heterocycles. The van der Waals surface area contributed by atoms with Crippen molar-refractivity contribution < 1.29 is 13.6 Å². The van der Waals surface area contributed by atoms with Crippen LogP contribution in [-0.4, -0.2) is 11.0 Å². The Bertz CT molecular complexity index is 868. The van der Waals surface area contributed by atoms with E-state index >= 15 is 0 Å². The normalized spacial score (nSPS) is 16.9. The topological polar surface area (TPSA) is 53.2 Å². The van der Waals surface area contributed by atoms with Crippen molar-refractivity contribution in [1.29, 1.82) is 0 Å². The summed E-state index contributed by atoms with van der Waals surface area (Å²) in [7, 11) is 0. The summed E-state index contributed by atoms with van der Waals surface area (Å²) in [6.07, 6.45) is 0. The van der Waals surface area contributed by atoms with Crippen molar-refractivity contribution in [1.82, 2.24) is 10.6 Å². The van der Waals surface area contributed by atoms with E-state index in [1.165, 1.54) is 6.07 Å². The number of anilines is 1. The number of para-hydroxylation sites is 1. The second-order valence-electron chi connectivity index (χ2n) is 5.56. The highest BCUT2D eigenvalue weighted by molar-refractivity contribution is 7.80. The molecular formula is C18H15F2N3OS. The molecule has 1 unspecified atom stereocenters. The van der Waals surface area contributed by atoms with Crippen LogP contribution in [0.15, 0.2) is 59.8 Å². The maximum Gasteiger partial charge on any atom is 0.255 e. The minimum atomic E-state index is -0.821. The van der Waals surface area contributed by atoms with E-state index in [2.05, 4.69) is 16.0 Å². The minimum absolute atomic E-state index is 0.141. The molecule has 7 heteroatoms. The van der Waals surface area contributed by atoms with Crippen LogP contribution in [0.25, 0.3) is 0 Å². The lowest BCUT2D eigenvalue weighted by atomic mass is 9.94. The number of nitrogens with one attached hydrogen (secondary N) is 3. The van der Waals surface area contributed by atoms with Gasteiger partial charge in [0.25, 0.3) is 5.91 Å². The van der Waals surface area contributed by atoms with Gasteiger partial charge in [-0.15, -0.1) is 0 Å². The van der Waals surface area contributed by atoms with Crippen LogP contribution in [0.3, 0.4) is 0 Å². The smallest absolute Gasteiger partial charge is 0.255 e. The number of benzene rings is 2. The van der Waals surface area contributed by atoms with Gasteiger partial charge in [-0.2, -0.15) is 0 Å². The fourth-order valence-electron chi connectivity index (χ4n) is 2.68. The number of hydrogen-bond donors (Lipinski definition) is 3. The predicted molar refractivity (Wildman–Crippen MR) is 95.7 cm³/mol. The van der Waals surface area contributed by atoms with Crippen molar-refractivity contribution in [3.63, 3.8) is 0 Å². The number of thiocarbonyl (C=S) groups is 1. The Morgan fingerprint density at radius 1 is 1.16 bits per heavy atom. The molecule has 0 spiro atoms. The molecule has 1 aliphatic heterocycles. The Morgan fingerprint density at radius 3 is 2.56 bits per heavy atom. The Hall–Kier alpha value is -2.80. The minimum Gasteiger partial charge on any atom is -0.351 e. The molecule has 128 valence electrons. The van der Waals surface area contributed by atoms with Gasteiger partial charge < -0.3 is 16.0 Å². The molecule has 0 fully saturated rings. The molecule has 2 aromatic rings. The van der Waals surface area contributed by atoms with Crippen LogP contribution in [0, 0.1) is 11.6 Å². The van der Waals surface area contributed by atoms with Crippen molar-refractivity contribution in [2.75, 3.05) is 5.32 Å². The lowest BCUT2D eigenvalue weighted by molar-refractivity contribution is -0.113. The highest BCUT2D eigenvalue weighted by Gasteiger charge is 2.31. The van der Waals surface area contributed by atoms with Gasteiger partial charge in [0.2, 0.25) is 0 Å². The quantitative estimate of drug-likeness (QED) is 0.736. The van der Waals surface area contributed by atoms with Crippen LogP contribution < -0.4 is 16.0 Å². The molecule has 0 bridgehead atoms. The number of rotatable bonds is 3. The van der Waals surface area contributed by atoms with Crippen molar-refractivity contribution in [3.8, 4) is 0 Å². The highest BCUT2D eigenvalue weighted by Crippen LogP contribution is 2.29. The number of carbonyl (C=O) groups excluding carboxylic acids is 1. The number of amides is 1. The zero-order valence-electron chi connectivity index (χ0n) is 13.3. The van der Waals surface area contributed by atoms with Crippen molar-refractivity contribution in [2.24, 2.45) is 0 Å². The van der Waals surface area contributed by atoms with Crippen LogP contribution in [-0.2, 0) is 4.79 Å². The van der Waals surface area contributed by atoms with Gasteiger partial charge in [0.15, 0.2) is 5.11 Å². The fraction of sp³-hybridized carbons (Fsp3) is 0.111. The first kappa shape index (κ1) is 17.0. The molecule has 1 atom stereocenters. The summed E-state index contributed by atoms with van der Waals surface area (Å²) < 4.78 is 27.5. The first-order chi connectivity index (χ1) is 12.0. The zero-order chi connectivity index (χ0) is 18.0. The van der Waals surface area contributed by atoms with Gasteiger partial charge in [0.05, 0.1) is 11.6 Å². The van der Waals surface area contributed by atoms with Gasteiger partial charge in [-0.05, 0) is 37.3 Å². The van der Waals surface area contributed by atoms with E-state index in [9.17, 15) is 13.6 Å². The second kappa shape index (κ2) is 6.98. The predicted octanol–water partition coefficient (Wildman–Crippen LogP) is 3.40. The fourth-order valence-corrected chi connectivity index (χ4v) is 2.95. The summed E-state index contributed by atoms with van der Waals surface area (Å²) in [6, 6.07) is 11.3. The molecule has 0 radical (unpaired) electrons. The van der Waals surface area contributed by atoms with E-state index in [4.69, 9.17) is 12.2 Å². The summed E-state index contributed by atoms with van der Waals surface area (Å²) in [4.78, 5) is 12.8. The average Bonchev–Trinajstić information content (AvgIpc) is 2.54. The summed E-state index contributed by atoms with van der Waals surface area (Å²) in [6.45, 7) is 1.68. The molecule has 1 amide bonds.